The molecule has 0 aliphatic heterocycles. The Morgan fingerprint density at radius 3 is 2.83 bits per heavy atom. The maximum atomic E-state index is 11.7. The lowest BCUT2D eigenvalue weighted by molar-refractivity contribution is 0.262. The van der Waals surface area contributed by atoms with Crippen LogP contribution in [0.1, 0.15) is 5.56 Å². The molecular formula is C13H13N3O2. The Bertz CT molecular complexity index is 555. The second-order valence-electron chi connectivity index (χ2n) is 3.84. The summed E-state index contributed by atoms with van der Waals surface area (Å²) in [5.74, 6) is 0.0296. The number of benzene rings is 1. The molecule has 0 unspecified atom stereocenters. The summed E-state index contributed by atoms with van der Waals surface area (Å²) >= 11 is 0. The van der Waals surface area contributed by atoms with Gasteiger partial charge in [-0.2, -0.15) is 0 Å². The van der Waals surface area contributed by atoms with Gasteiger partial charge in [0.25, 0.3) is 0 Å². The van der Waals surface area contributed by atoms with Crippen LogP contribution in [0.4, 0.5) is 16.2 Å². The Hall–Kier alpha value is -2.56. The molecule has 2 amide bonds. The molecule has 0 radical (unpaired) electrons. The molecule has 5 heteroatoms. The van der Waals surface area contributed by atoms with Gasteiger partial charge >= 0.3 is 6.03 Å². The van der Waals surface area contributed by atoms with Crippen LogP contribution in [-0.4, -0.2) is 16.1 Å². The number of hydrogen-bond donors (Lipinski definition) is 3. The maximum Gasteiger partial charge on any atom is 0.323 e. The first-order chi connectivity index (χ1) is 8.65. The number of phenols is 1. The smallest absolute Gasteiger partial charge is 0.323 e. The molecule has 0 aliphatic carbocycles. The fraction of sp³-hybridized carbons (Fsp3) is 0.0769. The van der Waals surface area contributed by atoms with Crippen LogP contribution in [0.2, 0.25) is 0 Å². The highest BCUT2D eigenvalue weighted by molar-refractivity contribution is 6.00. The number of nitrogens with one attached hydrogen (secondary N) is 2. The number of urea groups is 1. The third-order valence-corrected chi connectivity index (χ3v) is 2.32. The lowest BCUT2D eigenvalue weighted by atomic mass is 10.2. The molecule has 92 valence electrons. The van der Waals surface area contributed by atoms with Crippen LogP contribution in [0.5, 0.6) is 5.75 Å². The number of pyridine rings is 1. The molecule has 0 saturated heterocycles. The number of amides is 2. The van der Waals surface area contributed by atoms with E-state index < -0.39 is 6.03 Å². The summed E-state index contributed by atoms with van der Waals surface area (Å²) in [6.45, 7) is 1.88. The van der Waals surface area contributed by atoms with Crippen molar-refractivity contribution in [1.82, 2.24) is 4.98 Å². The zero-order valence-corrected chi connectivity index (χ0v) is 9.84. The van der Waals surface area contributed by atoms with E-state index in [0.717, 1.165) is 5.56 Å². The summed E-state index contributed by atoms with van der Waals surface area (Å²) in [5, 5.41) is 14.8. The first-order valence-corrected chi connectivity index (χ1v) is 5.43. The van der Waals surface area contributed by atoms with Gasteiger partial charge in [-0.3, -0.25) is 4.98 Å². The number of carbonyl (C=O) groups is 1. The van der Waals surface area contributed by atoms with Crippen molar-refractivity contribution in [2.45, 2.75) is 6.92 Å². The van der Waals surface area contributed by atoms with E-state index >= 15 is 0 Å². The molecule has 1 aromatic carbocycles. The first-order valence-electron chi connectivity index (χ1n) is 5.43. The molecule has 0 saturated carbocycles. The normalized spacial score (nSPS) is 9.83. The van der Waals surface area contributed by atoms with Crippen molar-refractivity contribution in [3.8, 4) is 5.75 Å². The van der Waals surface area contributed by atoms with E-state index in [1.807, 2.05) is 6.92 Å². The Balaban J connectivity index is 2.05. The van der Waals surface area contributed by atoms with Crippen LogP contribution in [0.15, 0.2) is 42.7 Å². The number of aryl methyl sites for hydroxylation is 1. The molecule has 0 aliphatic rings. The van der Waals surface area contributed by atoms with Gasteiger partial charge in [-0.1, -0.05) is 6.07 Å². The van der Waals surface area contributed by atoms with Crippen LogP contribution >= 0.6 is 0 Å². The molecule has 18 heavy (non-hydrogen) atoms. The van der Waals surface area contributed by atoms with Gasteiger partial charge in [0, 0.05) is 6.20 Å². The van der Waals surface area contributed by atoms with Gasteiger partial charge in [0.2, 0.25) is 0 Å². The monoisotopic (exact) mass is 243 g/mol. The number of aromatic nitrogens is 1. The molecule has 3 N–H and O–H groups in total. The number of hydrogen-bond acceptors (Lipinski definition) is 3. The second-order valence-corrected chi connectivity index (χ2v) is 3.84. The minimum atomic E-state index is -0.427. The Labute approximate surface area is 104 Å². The highest BCUT2D eigenvalue weighted by Gasteiger charge is 2.06. The van der Waals surface area contributed by atoms with Crippen molar-refractivity contribution in [2.75, 3.05) is 10.6 Å². The van der Waals surface area contributed by atoms with Gasteiger partial charge in [0.15, 0.2) is 0 Å². The zero-order valence-electron chi connectivity index (χ0n) is 9.84. The van der Waals surface area contributed by atoms with Gasteiger partial charge < -0.3 is 15.7 Å². The molecule has 2 rings (SSSR count). The summed E-state index contributed by atoms with van der Waals surface area (Å²) < 4.78 is 0. The fourth-order valence-corrected chi connectivity index (χ4v) is 1.47. The molecule has 1 aromatic heterocycles. The lowest BCUT2D eigenvalue weighted by Gasteiger charge is -2.09. The number of rotatable bonds is 2. The van der Waals surface area contributed by atoms with Crippen LogP contribution < -0.4 is 10.6 Å². The zero-order chi connectivity index (χ0) is 13.0. The first kappa shape index (κ1) is 11.9. The van der Waals surface area contributed by atoms with Gasteiger partial charge in [-0.15, -0.1) is 0 Å². The van der Waals surface area contributed by atoms with Crippen LogP contribution in [-0.2, 0) is 0 Å². The molecule has 1 heterocycles. The highest BCUT2D eigenvalue weighted by atomic mass is 16.3. The SMILES string of the molecule is Cc1ccc(O)c(NC(=O)Nc2cccnc2)c1. The Morgan fingerprint density at radius 2 is 2.11 bits per heavy atom. The van der Waals surface area contributed by atoms with E-state index in [-0.39, 0.29) is 5.75 Å². The van der Waals surface area contributed by atoms with Gasteiger partial charge in [-0.05, 0) is 36.8 Å². The molecule has 0 bridgehead atoms. The minimum Gasteiger partial charge on any atom is -0.506 e. The van der Waals surface area contributed by atoms with E-state index in [1.54, 1.807) is 30.5 Å². The van der Waals surface area contributed by atoms with Crippen LogP contribution in [0.3, 0.4) is 0 Å². The van der Waals surface area contributed by atoms with Crippen molar-refractivity contribution in [3.63, 3.8) is 0 Å². The molecule has 0 atom stereocenters. The van der Waals surface area contributed by atoms with Crippen molar-refractivity contribution in [1.29, 1.82) is 0 Å². The second kappa shape index (κ2) is 5.18. The number of nitrogens with zero attached hydrogens (tertiary/aromatic N) is 1. The van der Waals surface area contributed by atoms with Gasteiger partial charge in [-0.25, -0.2) is 4.79 Å². The highest BCUT2D eigenvalue weighted by Crippen LogP contribution is 2.23. The minimum absolute atomic E-state index is 0.0296. The van der Waals surface area contributed by atoms with E-state index in [4.69, 9.17) is 0 Å². The summed E-state index contributed by atoms with van der Waals surface area (Å²) in [5.41, 5.74) is 1.91. The van der Waals surface area contributed by atoms with Crippen LogP contribution in [0, 0.1) is 6.92 Å². The van der Waals surface area contributed by atoms with Crippen molar-refractivity contribution in [3.05, 3.63) is 48.3 Å². The molecular weight excluding hydrogens is 230 g/mol. The number of carbonyl (C=O) groups excluding carboxylic acids is 1. The average molecular weight is 243 g/mol. The summed E-state index contributed by atoms with van der Waals surface area (Å²) in [6.07, 6.45) is 3.16. The lowest BCUT2D eigenvalue weighted by Crippen LogP contribution is -2.19. The largest absolute Gasteiger partial charge is 0.506 e. The summed E-state index contributed by atoms with van der Waals surface area (Å²) in [4.78, 5) is 15.6. The van der Waals surface area contributed by atoms with E-state index in [2.05, 4.69) is 15.6 Å². The van der Waals surface area contributed by atoms with E-state index in [0.29, 0.717) is 11.4 Å². The Kier molecular flexibility index (Phi) is 3.43. The van der Waals surface area contributed by atoms with Gasteiger partial charge in [0.1, 0.15) is 5.75 Å². The molecule has 0 spiro atoms. The maximum absolute atomic E-state index is 11.7. The third kappa shape index (κ3) is 2.98. The predicted octanol–water partition coefficient (Wildman–Crippen LogP) is 2.74. The van der Waals surface area contributed by atoms with Crippen molar-refractivity contribution >= 4 is 17.4 Å². The molecule has 2 aromatic rings. The standard InChI is InChI=1S/C13H13N3O2/c1-9-4-5-12(17)11(7-9)16-13(18)15-10-3-2-6-14-8-10/h2-8,17H,1H3,(H2,15,16,18). The average Bonchev–Trinajstić information content (AvgIpc) is 2.35. The summed E-state index contributed by atoms with van der Waals surface area (Å²) in [7, 11) is 0. The van der Waals surface area contributed by atoms with E-state index in [9.17, 15) is 9.90 Å². The van der Waals surface area contributed by atoms with Gasteiger partial charge in [0.05, 0.1) is 17.6 Å². The number of anilines is 2. The van der Waals surface area contributed by atoms with Crippen molar-refractivity contribution < 1.29 is 9.90 Å². The summed E-state index contributed by atoms with van der Waals surface area (Å²) in [6, 6.07) is 8.01. The number of aromatic hydroxyl groups is 1. The topological polar surface area (TPSA) is 74.2 Å². The molecule has 5 nitrogen and oxygen atoms in total. The van der Waals surface area contributed by atoms with Crippen LogP contribution in [0.25, 0.3) is 0 Å². The van der Waals surface area contributed by atoms with E-state index in [1.165, 1.54) is 12.3 Å². The quantitative estimate of drug-likeness (QED) is 0.710. The Morgan fingerprint density at radius 1 is 1.28 bits per heavy atom. The van der Waals surface area contributed by atoms with Crippen molar-refractivity contribution in [2.24, 2.45) is 0 Å². The number of phenolic OH excluding ortho intramolecular Hbond substituents is 1. The third-order valence-electron chi connectivity index (χ3n) is 2.32. The molecule has 0 fully saturated rings. The predicted molar refractivity (Wildman–Crippen MR) is 69.7 cm³/mol. The fourth-order valence-electron chi connectivity index (χ4n) is 1.47.